The highest BCUT2D eigenvalue weighted by molar-refractivity contribution is 5.88. The molecule has 0 spiro atoms. The van der Waals surface area contributed by atoms with Crippen molar-refractivity contribution in [2.24, 2.45) is 5.92 Å². The van der Waals surface area contributed by atoms with Gasteiger partial charge < -0.3 is 19.3 Å². The molecule has 0 saturated carbocycles. The van der Waals surface area contributed by atoms with E-state index in [4.69, 9.17) is 9.47 Å². The van der Waals surface area contributed by atoms with Crippen LogP contribution in [0.3, 0.4) is 0 Å². The monoisotopic (exact) mass is 365 g/mol. The molecule has 0 aromatic heterocycles. The summed E-state index contributed by atoms with van der Waals surface area (Å²) in [6.45, 7) is 7.02. The Morgan fingerprint density at radius 2 is 1.81 bits per heavy atom. The van der Waals surface area contributed by atoms with Gasteiger partial charge in [-0.3, -0.25) is 14.5 Å². The summed E-state index contributed by atoms with van der Waals surface area (Å²) in [5.74, 6) is 0.299. The molecule has 7 heteroatoms. The molecule has 26 heavy (non-hydrogen) atoms. The molecule has 0 radical (unpaired) electrons. The molecule has 0 aromatic carbocycles. The van der Waals surface area contributed by atoms with E-state index in [-0.39, 0.29) is 23.8 Å². The first-order valence-corrected chi connectivity index (χ1v) is 9.73. The summed E-state index contributed by atoms with van der Waals surface area (Å²) in [5, 5.41) is 0. The van der Waals surface area contributed by atoms with Crippen LogP contribution in [0.1, 0.15) is 19.3 Å². The van der Waals surface area contributed by atoms with E-state index in [1.165, 1.54) is 0 Å². The number of carbonyl (C=O) groups is 2. The first kappa shape index (κ1) is 19.3. The Hall–Kier alpha value is -1.44. The van der Waals surface area contributed by atoms with Crippen molar-refractivity contribution in [2.45, 2.75) is 25.4 Å². The lowest BCUT2D eigenvalue weighted by molar-refractivity contribution is -0.132. The van der Waals surface area contributed by atoms with Crippen molar-refractivity contribution in [2.75, 3.05) is 66.1 Å². The van der Waals surface area contributed by atoms with Crippen molar-refractivity contribution in [3.63, 3.8) is 0 Å². The topological polar surface area (TPSA) is 62.3 Å². The fourth-order valence-electron chi connectivity index (χ4n) is 4.00. The summed E-state index contributed by atoms with van der Waals surface area (Å²) in [7, 11) is 1.67. The van der Waals surface area contributed by atoms with Crippen LogP contribution >= 0.6 is 0 Å². The number of hydrogen-bond donors (Lipinski definition) is 0. The minimum absolute atomic E-state index is 0.0106. The molecule has 3 rings (SSSR count). The van der Waals surface area contributed by atoms with Gasteiger partial charge in [-0.2, -0.15) is 0 Å². The van der Waals surface area contributed by atoms with E-state index in [0.717, 1.165) is 58.8 Å². The zero-order valence-electron chi connectivity index (χ0n) is 15.8. The van der Waals surface area contributed by atoms with E-state index >= 15 is 0 Å². The number of nitrogens with zero attached hydrogens (tertiary/aromatic N) is 3. The molecule has 7 nitrogen and oxygen atoms in total. The molecule has 3 aliphatic heterocycles. The van der Waals surface area contributed by atoms with Gasteiger partial charge in [-0.15, -0.1) is 0 Å². The van der Waals surface area contributed by atoms with Gasteiger partial charge in [-0.1, -0.05) is 6.08 Å². The Balaban J connectivity index is 1.47. The predicted molar refractivity (Wildman–Crippen MR) is 97.7 cm³/mol. The van der Waals surface area contributed by atoms with Crippen molar-refractivity contribution < 1.29 is 19.1 Å². The number of rotatable bonds is 6. The quantitative estimate of drug-likeness (QED) is 0.636. The molecule has 3 heterocycles. The van der Waals surface area contributed by atoms with E-state index in [0.29, 0.717) is 19.5 Å². The molecule has 0 unspecified atom stereocenters. The zero-order chi connectivity index (χ0) is 18.4. The maximum Gasteiger partial charge on any atom is 0.246 e. The van der Waals surface area contributed by atoms with E-state index in [1.807, 2.05) is 15.9 Å². The highest BCUT2D eigenvalue weighted by Gasteiger charge is 2.37. The van der Waals surface area contributed by atoms with E-state index in [1.54, 1.807) is 13.2 Å². The Morgan fingerprint density at radius 1 is 1.08 bits per heavy atom. The van der Waals surface area contributed by atoms with Crippen LogP contribution in [0.5, 0.6) is 0 Å². The summed E-state index contributed by atoms with van der Waals surface area (Å²) in [5.41, 5.74) is 0. The largest absolute Gasteiger partial charge is 0.379 e. The average molecular weight is 365 g/mol. The van der Waals surface area contributed by atoms with Crippen LogP contribution in [-0.4, -0.2) is 98.8 Å². The number of likely N-dealkylation sites (tertiary alicyclic amines) is 2. The van der Waals surface area contributed by atoms with Gasteiger partial charge in [0.1, 0.15) is 0 Å². The molecular weight excluding hydrogens is 334 g/mol. The first-order chi connectivity index (χ1) is 12.7. The number of methoxy groups -OCH3 is 1. The fraction of sp³-hybridized carbons (Fsp3) is 0.789. The molecule has 2 amide bonds. The molecule has 3 saturated heterocycles. The van der Waals surface area contributed by atoms with Crippen LogP contribution in [0.4, 0.5) is 0 Å². The Morgan fingerprint density at radius 3 is 2.50 bits per heavy atom. The van der Waals surface area contributed by atoms with Gasteiger partial charge in [0.15, 0.2) is 0 Å². The van der Waals surface area contributed by atoms with Gasteiger partial charge in [0, 0.05) is 71.3 Å². The van der Waals surface area contributed by atoms with Gasteiger partial charge in [0.25, 0.3) is 0 Å². The number of amides is 2. The minimum Gasteiger partial charge on any atom is -0.379 e. The van der Waals surface area contributed by atoms with E-state index < -0.39 is 0 Å². The van der Waals surface area contributed by atoms with Crippen LogP contribution in [0.2, 0.25) is 0 Å². The number of morpholine rings is 1. The summed E-state index contributed by atoms with van der Waals surface area (Å²) in [6, 6.07) is 0. The predicted octanol–water partition coefficient (Wildman–Crippen LogP) is 0.361. The van der Waals surface area contributed by atoms with Gasteiger partial charge in [-0.25, -0.2) is 0 Å². The van der Waals surface area contributed by atoms with Crippen LogP contribution in [-0.2, 0) is 19.1 Å². The Labute approximate surface area is 155 Å². The van der Waals surface area contributed by atoms with Crippen LogP contribution < -0.4 is 0 Å². The molecule has 0 N–H and O–H groups in total. The lowest BCUT2D eigenvalue weighted by atomic mass is 10.0. The van der Waals surface area contributed by atoms with Crippen LogP contribution in [0, 0.1) is 5.92 Å². The van der Waals surface area contributed by atoms with Gasteiger partial charge in [0.2, 0.25) is 11.8 Å². The molecule has 0 aromatic rings. The molecule has 3 fully saturated rings. The van der Waals surface area contributed by atoms with E-state index in [2.05, 4.69) is 4.90 Å². The van der Waals surface area contributed by atoms with Gasteiger partial charge in [0.05, 0.1) is 19.3 Å². The summed E-state index contributed by atoms with van der Waals surface area (Å²) >= 11 is 0. The highest BCUT2D eigenvalue weighted by Crippen LogP contribution is 2.24. The minimum atomic E-state index is -0.0573. The zero-order valence-corrected chi connectivity index (χ0v) is 15.8. The maximum atomic E-state index is 12.5. The van der Waals surface area contributed by atoms with Crippen molar-refractivity contribution in [3.05, 3.63) is 12.2 Å². The van der Waals surface area contributed by atoms with Crippen molar-refractivity contribution in [3.8, 4) is 0 Å². The van der Waals surface area contributed by atoms with Crippen molar-refractivity contribution in [1.29, 1.82) is 0 Å². The van der Waals surface area contributed by atoms with Crippen LogP contribution in [0.15, 0.2) is 12.2 Å². The number of carbonyl (C=O) groups excluding carboxylic acids is 2. The lowest BCUT2D eigenvalue weighted by Crippen LogP contribution is -2.36. The van der Waals surface area contributed by atoms with E-state index in [9.17, 15) is 9.59 Å². The molecule has 146 valence electrons. The van der Waals surface area contributed by atoms with Gasteiger partial charge >= 0.3 is 0 Å². The Kier molecular flexibility index (Phi) is 7.05. The second kappa shape index (κ2) is 9.48. The Bertz CT molecular complexity index is 513. The molecule has 3 aliphatic rings. The molecular formula is C19H31N3O4. The van der Waals surface area contributed by atoms with Crippen LogP contribution in [0.25, 0.3) is 0 Å². The molecule has 2 atom stereocenters. The average Bonchev–Trinajstić information content (AvgIpc) is 3.32. The third kappa shape index (κ3) is 5.05. The highest BCUT2D eigenvalue weighted by atomic mass is 16.5. The third-order valence-electron chi connectivity index (χ3n) is 5.62. The van der Waals surface area contributed by atoms with Crippen molar-refractivity contribution in [1.82, 2.24) is 14.7 Å². The second-order valence-corrected chi connectivity index (χ2v) is 7.38. The SMILES string of the molecule is CO[C@H]1CN(C(=O)/C=C/CN2CCOCC2)C[C@@H]1CC(=O)N1CCCC1. The first-order valence-electron chi connectivity index (χ1n) is 9.73. The fourth-order valence-corrected chi connectivity index (χ4v) is 4.00. The molecule has 0 aliphatic carbocycles. The number of hydrogen-bond acceptors (Lipinski definition) is 5. The normalized spacial score (nSPS) is 27.6. The molecule has 0 bridgehead atoms. The summed E-state index contributed by atoms with van der Waals surface area (Å²) < 4.78 is 10.9. The second-order valence-electron chi connectivity index (χ2n) is 7.38. The maximum absolute atomic E-state index is 12.5. The van der Waals surface area contributed by atoms with Gasteiger partial charge in [-0.05, 0) is 12.8 Å². The summed E-state index contributed by atoms with van der Waals surface area (Å²) in [6.07, 6.45) is 6.20. The number of ether oxygens (including phenoxy) is 2. The summed E-state index contributed by atoms with van der Waals surface area (Å²) in [4.78, 5) is 30.9. The standard InChI is InChI=1S/C19H31N3O4/c1-25-17-15-22(14-16(17)13-19(24)21-7-2-3-8-21)18(23)5-4-6-20-9-11-26-12-10-20/h4-5,16-17H,2-3,6-15H2,1H3/b5-4+/t16-,17-/m0/s1. The van der Waals surface area contributed by atoms with Crippen molar-refractivity contribution >= 4 is 11.8 Å². The lowest BCUT2D eigenvalue weighted by Gasteiger charge is -2.25. The smallest absolute Gasteiger partial charge is 0.246 e. The third-order valence-corrected chi connectivity index (χ3v) is 5.62.